The molecule has 0 bridgehead atoms. The minimum Gasteiger partial charge on any atom is -0.481 e. The maximum absolute atomic E-state index is 13.1. The van der Waals surface area contributed by atoms with E-state index in [9.17, 15) is 14.0 Å². The van der Waals surface area contributed by atoms with Crippen LogP contribution in [-0.2, 0) is 4.79 Å². The minimum atomic E-state index is -0.802. The molecule has 0 radical (unpaired) electrons. The van der Waals surface area contributed by atoms with Crippen molar-refractivity contribution in [1.82, 2.24) is 0 Å². The minimum absolute atomic E-state index is 0.0484. The van der Waals surface area contributed by atoms with Gasteiger partial charge in [0, 0.05) is 17.3 Å². The van der Waals surface area contributed by atoms with E-state index in [1.165, 1.54) is 25.1 Å². The molecule has 23 heavy (non-hydrogen) atoms. The lowest BCUT2D eigenvalue weighted by Gasteiger charge is -2.15. The van der Waals surface area contributed by atoms with E-state index in [1.807, 2.05) is 0 Å². The quantitative estimate of drug-likeness (QED) is 0.837. The van der Waals surface area contributed by atoms with Crippen molar-refractivity contribution in [2.45, 2.75) is 20.0 Å². The number of ketones is 1. The van der Waals surface area contributed by atoms with E-state index in [-0.39, 0.29) is 16.7 Å². The monoisotopic (exact) mass is 335 g/mol. The molecule has 1 atom stereocenters. The summed E-state index contributed by atoms with van der Waals surface area (Å²) in [6.07, 6.45) is -0.802. The third-order valence-corrected chi connectivity index (χ3v) is 3.42. The first-order valence-corrected chi connectivity index (χ1v) is 7.28. The molecule has 0 fully saturated rings. The van der Waals surface area contributed by atoms with Crippen LogP contribution in [0.5, 0.6) is 5.75 Å². The van der Waals surface area contributed by atoms with Crippen LogP contribution in [0.15, 0.2) is 42.5 Å². The summed E-state index contributed by atoms with van der Waals surface area (Å²) >= 11 is 5.66. The van der Waals surface area contributed by atoms with Gasteiger partial charge < -0.3 is 10.1 Å². The van der Waals surface area contributed by atoms with Crippen molar-refractivity contribution in [1.29, 1.82) is 0 Å². The molecule has 0 aromatic heterocycles. The van der Waals surface area contributed by atoms with Gasteiger partial charge in [-0.1, -0.05) is 11.6 Å². The fraction of sp³-hybridized carbons (Fsp3) is 0.176. The van der Waals surface area contributed by atoms with Gasteiger partial charge in [0.25, 0.3) is 5.91 Å². The van der Waals surface area contributed by atoms with Crippen LogP contribution in [0.4, 0.5) is 10.1 Å². The van der Waals surface area contributed by atoms with E-state index < -0.39 is 11.9 Å². The SMILES string of the molecule is CC(=O)c1ccc(NC(=O)[C@H](C)Oc2ccc(F)c(Cl)c2)cc1. The highest BCUT2D eigenvalue weighted by Crippen LogP contribution is 2.22. The Morgan fingerprint density at radius 1 is 1.17 bits per heavy atom. The average Bonchev–Trinajstić information content (AvgIpc) is 2.51. The zero-order valence-electron chi connectivity index (χ0n) is 12.6. The van der Waals surface area contributed by atoms with Crippen LogP contribution in [0.1, 0.15) is 24.2 Å². The Kier molecular flexibility index (Phi) is 5.34. The van der Waals surface area contributed by atoms with Crippen molar-refractivity contribution < 1.29 is 18.7 Å². The first-order valence-electron chi connectivity index (χ1n) is 6.90. The Balaban J connectivity index is 1.99. The van der Waals surface area contributed by atoms with Crippen molar-refractivity contribution >= 4 is 29.0 Å². The molecule has 0 saturated heterocycles. The van der Waals surface area contributed by atoms with E-state index >= 15 is 0 Å². The average molecular weight is 336 g/mol. The Hall–Kier alpha value is -2.40. The van der Waals surface area contributed by atoms with E-state index in [1.54, 1.807) is 31.2 Å². The third kappa shape index (κ3) is 4.53. The number of amides is 1. The molecule has 2 aromatic rings. The highest BCUT2D eigenvalue weighted by molar-refractivity contribution is 6.30. The van der Waals surface area contributed by atoms with Crippen LogP contribution in [0.3, 0.4) is 0 Å². The second kappa shape index (κ2) is 7.24. The number of carbonyl (C=O) groups is 2. The number of hydrogen-bond donors (Lipinski definition) is 1. The molecular formula is C17H15ClFNO3. The van der Waals surface area contributed by atoms with E-state index in [2.05, 4.69) is 5.32 Å². The molecule has 0 unspecified atom stereocenters. The Labute approximate surface area is 138 Å². The zero-order valence-corrected chi connectivity index (χ0v) is 13.4. The highest BCUT2D eigenvalue weighted by atomic mass is 35.5. The summed E-state index contributed by atoms with van der Waals surface area (Å²) < 4.78 is 18.5. The molecule has 1 amide bonds. The Bertz CT molecular complexity index is 731. The number of benzene rings is 2. The fourth-order valence-corrected chi connectivity index (χ4v) is 2.01. The fourth-order valence-electron chi connectivity index (χ4n) is 1.84. The van der Waals surface area contributed by atoms with E-state index in [0.717, 1.165) is 0 Å². The molecule has 0 aliphatic carbocycles. The van der Waals surface area contributed by atoms with E-state index in [0.29, 0.717) is 17.0 Å². The summed E-state index contributed by atoms with van der Waals surface area (Å²) in [6.45, 7) is 3.04. The lowest BCUT2D eigenvalue weighted by molar-refractivity contribution is -0.122. The number of carbonyl (C=O) groups excluding carboxylic acids is 2. The van der Waals surface area contributed by atoms with Gasteiger partial charge in [-0.3, -0.25) is 9.59 Å². The molecule has 6 heteroatoms. The molecular weight excluding hydrogens is 321 g/mol. The lowest BCUT2D eigenvalue weighted by atomic mass is 10.1. The summed E-state index contributed by atoms with van der Waals surface area (Å²) in [5, 5.41) is 2.60. The standard InChI is InChI=1S/C17H15ClFNO3/c1-10(21)12-3-5-13(6-4-12)20-17(22)11(2)23-14-7-8-16(19)15(18)9-14/h3-9,11H,1-2H3,(H,20,22)/t11-/m0/s1. The van der Waals surface area contributed by atoms with Crippen molar-refractivity contribution in [3.8, 4) is 5.75 Å². The number of anilines is 1. The summed E-state index contributed by atoms with van der Waals surface area (Å²) in [4.78, 5) is 23.3. The van der Waals surface area contributed by atoms with Crippen LogP contribution in [0, 0.1) is 5.82 Å². The summed E-state index contributed by atoms with van der Waals surface area (Å²) in [5.41, 5.74) is 1.11. The van der Waals surface area contributed by atoms with Gasteiger partial charge in [-0.2, -0.15) is 0 Å². The van der Waals surface area contributed by atoms with Gasteiger partial charge in [0.05, 0.1) is 5.02 Å². The number of hydrogen-bond acceptors (Lipinski definition) is 3. The molecule has 0 spiro atoms. The van der Waals surface area contributed by atoms with Gasteiger partial charge in [-0.25, -0.2) is 4.39 Å². The highest BCUT2D eigenvalue weighted by Gasteiger charge is 2.15. The van der Waals surface area contributed by atoms with Crippen LogP contribution >= 0.6 is 11.6 Å². The zero-order chi connectivity index (χ0) is 17.0. The van der Waals surface area contributed by atoms with Crippen LogP contribution in [0.2, 0.25) is 5.02 Å². The number of halogens is 2. The maximum Gasteiger partial charge on any atom is 0.265 e. The molecule has 120 valence electrons. The van der Waals surface area contributed by atoms with Crippen molar-refractivity contribution in [3.63, 3.8) is 0 Å². The summed E-state index contributed by atoms with van der Waals surface area (Å²) in [6, 6.07) is 10.4. The predicted octanol–water partition coefficient (Wildman–Crippen LogP) is 4.09. The molecule has 0 aliphatic heterocycles. The van der Waals surface area contributed by atoms with Crippen LogP contribution in [0.25, 0.3) is 0 Å². The first kappa shape index (κ1) is 17.0. The van der Waals surface area contributed by atoms with Gasteiger partial charge in [0.15, 0.2) is 11.9 Å². The Morgan fingerprint density at radius 3 is 2.39 bits per heavy atom. The molecule has 1 N–H and O–H groups in total. The van der Waals surface area contributed by atoms with Crippen molar-refractivity contribution in [2.75, 3.05) is 5.32 Å². The molecule has 2 rings (SSSR count). The van der Waals surface area contributed by atoms with Gasteiger partial charge in [0.2, 0.25) is 0 Å². The number of rotatable bonds is 5. The van der Waals surface area contributed by atoms with Gasteiger partial charge >= 0.3 is 0 Å². The molecule has 2 aromatic carbocycles. The lowest BCUT2D eigenvalue weighted by Crippen LogP contribution is -2.30. The normalized spacial score (nSPS) is 11.7. The van der Waals surface area contributed by atoms with Crippen LogP contribution in [-0.4, -0.2) is 17.8 Å². The number of nitrogens with one attached hydrogen (secondary N) is 1. The van der Waals surface area contributed by atoms with E-state index in [4.69, 9.17) is 16.3 Å². The van der Waals surface area contributed by atoms with Crippen molar-refractivity contribution in [2.24, 2.45) is 0 Å². The second-order valence-electron chi connectivity index (χ2n) is 4.96. The largest absolute Gasteiger partial charge is 0.481 e. The smallest absolute Gasteiger partial charge is 0.265 e. The van der Waals surface area contributed by atoms with Gasteiger partial charge in [-0.05, 0) is 50.2 Å². The number of Topliss-reactive ketones (excluding diaryl/α,β-unsaturated/α-hetero) is 1. The molecule has 0 aliphatic rings. The molecule has 0 saturated carbocycles. The topological polar surface area (TPSA) is 55.4 Å². The predicted molar refractivity (Wildman–Crippen MR) is 86.6 cm³/mol. The Morgan fingerprint density at radius 2 is 1.83 bits per heavy atom. The molecule has 0 heterocycles. The van der Waals surface area contributed by atoms with Crippen molar-refractivity contribution in [3.05, 3.63) is 58.9 Å². The number of ether oxygens (including phenoxy) is 1. The maximum atomic E-state index is 13.1. The third-order valence-electron chi connectivity index (χ3n) is 3.13. The molecule has 4 nitrogen and oxygen atoms in total. The summed E-state index contributed by atoms with van der Waals surface area (Å²) in [5.74, 6) is -0.679. The second-order valence-corrected chi connectivity index (χ2v) is 5.37. The summed E-state index contributed by atoms with van der Waals surface area (Å²) in [7, 11) is 0. The first-order chi connectivity index (χ1) is 10.9. The van der Waals surface area contributed by atoms with Crippen LogP contribution < -0.4 is 10.1 Å². The van der Waals surface area contributed by atoms with Gasteiger partial charge in [-0.15, -0.1) is 0 Å². The van der Waals surface area contributed by atoms with Gasteiger partial charge in [0.1, 0.15) is 11.6 Å².